The van der Waals surface area contributed by atoms with Gasteiger partial charge in [0.05, 0.1) is 11.5 Å². The van der Waals surface area contributed by atoms with E-state index in [1.54, 1.807) is 0 Å². The number of nitrogens with two attached hydrogens (primary N) is 1. The number of hydrogen-bond donors (Lipinski definition) is 2. The van der Waals surface area contributed by atoms with Crippen LogP contribution in [0.25, 0.3) is 0 Å². The quantitative estimate of drug-likeness (QED) is 0.0266. The Morgan fingerprint density at radius 3 is 1.47 bits per heavy atom. The molecule has 0 amide bonds. The molecular weight excluding hydrogens is 717 g/mol. The van der Waals surface area contributed by atoms with Gasteiger partial charge in [-0.1, -0.05) is 162 Å². The van der Waals surface area contributed by atoms with Crippen molar-refractivity contribution in [2.75, 3.05) is 32.8 Å². The molecule has 3 N–H and O–H groups in total. The third-order valence-electron chi connectivity index (χ3n) is 11.0. The van der Waals surface area contributed by atoms with E-state index in [1.807, 2.05) is 0 Å². The number of hydrogen-bond acceptors (Lipinski definition) is 9. The highest BCUT2D eigenvalue weighted by molar-refractivity contribution is 5.69. The number of nitrogens with zero attached hydrogens (tertiary/aromatic N) is 2. The maximum absolute atomic E-state index is 12.8. The molecule has 0 bridgehead atoms. The maximum atomic E-state index is 12.8. The average molecular weight is 809 g/mol. The molecule has 0 rings (SSSR count). The Bertz CT molecular complexity index is 933. The Hall–Kier alpha value is -2.36. The van der Waals surface area contributed by atoms with Crippen molar-refractivity contribution in [1.29, 1.82) is 0 Å². The van der Waals surface area contributed by atoms with E-state index in [9.17, 15) is 19.7 Å². The standard InChI is InChI=1S/C47H92N4O6/c1-4-7-10-13-16-25-32-42-56-46(52)36-28-21-17-23-30-39-50(41-33-38-49-45(48)43-51(54)55)40-31-24-18-22-29-37-47(53)57-44(34-26-19-14-11-8-5-2)35-27-20-15-12-9-6-3/h43-44,49H,4-42,48H2,1-3H3/b45-43+. The van der Waals surface area contributed by atoms with Gasteiger partial charge in [0.25, 0.3) is 6.20 Å². The highest BCUT2D eigenvalue weighted by atomic mass is 16.6. The van der Waals surface area contributed by atoms with Gasteiger partial charge in [0, 0.05) is 19.4 Å². The number of nitro groups is 1. The first-order valence-electron chi connectivity index (χ1n) is 24.2. The van der Waals surface area contributed by atoms with Crippen LogP contribution < -0.4 is 11.1 Å². The Labute approximate surface area is 351 Å². The zero-order chi connectivity index (χ0) is 41.9. The van der Waals surface area contributed by atoms with Crippen molar-refractivity contribution in [2.24, 2.45) is 5.73 Å². The molecule has 0 aliphatic rings. The summed E-state index contributed by atoms with van der Waals surface area (Å²) in [5.74, 6) is 0.0214. The van der Waals surface area contributed by atoms with Crippen LogP contribution in [0.2, 0.25) is 0 Å². The summed E-state index contributed by atoms with van der Waals surface area (Å²) in [4.78, 5) is 37.5. The van der Waals surface area contributed by atoms with Gasteiger partial charge in [-0.15, -0.1) is 0 Å². The van der Waals surface area contributed by atoms with E-state index in [-0.39, 0.29) is 23.9 Å². The number of carbonyl (C=O) groups excluding carboxylic acids is 2. The molecule has 10 heteroatoms. The Kier molecular flexibility index (Phi) is 41.4. The Balaban J connectivity index is 4.41. The maximum Gasteiger partial charge on any atom is 0.306 e. The fourth-order valence-corrected chi connectivity index (χ4v) is 7.43. The second-order valence-corrected chi connectivity index (χ2v) is 16.6. The van der Waals surface area contributed by atoms with E-state index in [4.69, 9.17) is 15.2 Å². The molecule has 0 radical (unpaired) electrons. The number of esters is 2. The molecule has 0 heterocycles. The zero-order valence-corrected chi connectivity index (χ0v) is 37.7. The minimum Gasteiger partial charge on any atom is -0.466 e. The van der Waals surface area contributed by atoms with Crippen LogP contribution >= 0.6 is 0 Å². The highest BCUT2D eigenvalue weighted by Gasteiger charge is 2.14. The van der Waals surface area contributed by atoms with Crippen molar-refractivity contribution in [3.05, 3.63) is 22.1 Å². The predicted octanol–water partition coefficient (Wildman–Crippen LogP) is 12.7. The normalized spacial score (nSPS) is 11.8. The molecule has 336 valence electrons. The van der Waals surface area contributed by atoms with Crippen LogP contribution in [0.3, 0.4) is 0 Å². The largest absolute Gasteiger partial charge is 0.466 e. The van der Waals surface area contributed by atoms with Crippen LogP contribution in [0.1, 0.15) is 239 Å². The van der Waals surface area contributed by atoms with E-state index in [0.717, 1.165) is 135 Å². The van der Waals surface area contributed by atoms with Crippen molar-refractivity contribution < 1.29 is 24.0 Å². The number of ether oxygens (including phenoxy) is 2. The lowest BCUT2D eigenvalue weighted by Crippen LogP contribution is -2.30. The molecule has 0 aromatic carbocycles. The molecule has 0 saturated carbocycles. The van der Waals surface area contributed by atoms with Crippen LogP contribution in [0.4, 0.5) is 0 Å². The molecule has 0 unspecified atom stereocenters. The molecule has 0 aliphatic heterocycles. The van der Waals surface area contributed by atoms with Crippen LogP contribution in [0.15, 0.2) is 12.0 Å². The van der Waals surface area contributed by atoms with Gasteiger partial charge in [-0.05, 0) is 83.8 Å². The monoisotopic (exact) mass is 809 g/mol. The molecule has 10 nitrogen and oxygen atoms in total. The van der Waals surface area contributed by atoms with E-state index in [2.05, 4.69) is 31.0 Å². The summed E-state index contributed by atoms with van der Waals surface area (Å²) in [6, 6.07) is 0. The molecule has 0 fully saturated rings. The summed E-state index contributed by atoms with van der Waals surface area (Å²) < 4.78 is 11.5. The lowest BCUT2D eigenvalue weighted by atomic mass is 10.0. The Morgan fingerprint density at radius 1 is 0.579 bits per heavy atom. The van der Waals surface area contributed by atoms with Crippen molar-refractivity contribution >= 4 is 11.9 Å². The van der Waals surface area contributed by atoms with Gasteiger partial charge in [-0.3, -0.25) is 19.7 Å². The zero-order valence-electron chi connectivity index (χ0n) is 37.7. The van der Waals surface area contributed by atoms with E-state index < -0.39 is 4.92 Å². The minimum absolute atomic E-state index is 0.0100. The molecule has 0 saturated heterocycles. The topological polar surface area (TPSA) is 137 Å². The summed E-state index contributed by atoms with van der Waals surface area (Å²) in [7, 11) is 0. The Morgan fingerprint density at radius 2 is 0.982 bits per heavy atom. The van der Waals surface area contributed by atoms with Crippen molar-refractivity contribution in [3.8, 4) is 0 Å². The van der Waals surface area contributed by atoms with Gasteiger partial charge in [0.2, 0.25) is 0 Å². The molecule has 0 atom stereocenters. The van der Waals surface area contributed by atoms with E-state index >= 15 is 0 Å². The van der Waals surface area contributed by atoms with Gasteiger partial charge in [0.1, 0.15) is 6.10 Å². The summed E-state index contributed by atoms with van der Waals surface area (Å²) in [6.07, 6.45) is 39.2. The number of carbonyl (C=O) groups is 2. The van der Waals surface area contributed by atoms with Gasteiger partial charge in [-0.25, -0.2) is 0 Å². The first kappa shape index (κ1) is 54.6. The van der Waals surface area contributed by atoms with Gasteiger partial charge >= 0.3 is 11.9 Å². The molecule has 0 aliphatic carbocycles. The molecule has 0 spiro atoms. The predicted molar refractivity (Wildman–Crippen MR) is 239 cm³/mol. The number of rotatable bonds is 45. The highest BCUT2D eigenvalue weighted by Crippen LogP contribution is 2.19. The fourth-order valence-electron chi connectivity index (χ4n) is 7.43. The van der Waals surface area contributed by atoms with Crippen LogP contribution in [-0.4, -0.2) is 60.7 Å². The number of unbranched alkanes of at least 4 members (excludes halogenated alkanes) is 24. The molecule has 0 aromatic rings. The van der Waals surface area contributed by atoms with E-state index in [0.29, 0.717) is 26.0 Å². The van der Waals surface area contributed by atoms with Crippen molar-refractivity contribution in [2.45, 2.75) is 245 Å². The summed E-state index contributed by atoms with van der Waals surface area (Å²) in [5.41, 5.74) is 5.70. The summed E-state index contributed by atoms with van der Waals surface area (Å²) >= 11 is 0. The molecule has 57 heavy (non-hydrogen) atoms. The van der Waals surface area contributed by atoms with Gasteiger partial charge in [0.15, 0.2) is 5.82 Å². The third kappa shape index (κ3) is 41.6. The molecule has 0 aromatic heterocycles. The van der Waals surface area contributed by atoms with Crippen LogP contribution in [0, 0.1) is 10.1 Å². The lowest BCUT2D eigenvalue weighted by Gasteiger charge is -2.22. The van der Waals surface area contributed by atoms with Gasteiger partial charge in [-0.2, -0.15) is 0 Å². The van der Waals surface area contributed by atoms with Crippen molar-refractivity contribution in [1.82, 2.24) is 10.2 Å². The fraction of sp³-hybridized carbons (Fsp3) is 0.915. The first-order valence-corrected chi connectivity index (χ1v) is 24.2. The minimum atomic E-state index is -0.539. The summed E-state index contributed by atoms with van der Waals surface area (Å²) in [5, 5.41) is 13.6. The van der Waals surface area contributed by atoms with Crippen LogP contribution in [0.5, 0.6) is 0 Å². The summed E-state index contributed by atoms with van der Waals surface area (Å²) in [6.45, 7) is 10.8. The second kappa shape index (κ2) is 43.2. The van der Waals surface area contributed by atoms with Crippen molar-refractivity contribution in [3.63, 3.8) is 0 Å². The first-order chi connectivity index (χ1) is 27.8. The van der Waals surface area contributed by atoms with E-state index in [1.165, 1.54) is 96.3 Å². The smallest absolute Gasteiger partial charge is 0.306 e. The van der Waals surface area contributed by atoms with Gasteiger partial charge < -0.3 is 25.4 Å². The average Bonchev–Trinajstić information content (AvgIpc) is 3.18. The van der Waals surface area contributed by atoms with Crippen LogP contribution in [-0.2, 0) is 19.1 Å². The lowest BCUT2D eigenvalue weighted by molar-refractivity contribution is -0.403. The number of nitrogens with one attached hydrogen (secondary N) is 1. The third-order valence-corrected chi connectivity index (χ3v) is 11.0. The molecular formula is C47H92N4O6. The SMILES string of the molecule is CCCCCCCCCOC(=O)CCCCCCCN(CCCCCCCC(=O)OC(CCCCCCCC)CCCCCCCC)CCCN/C(N)=C/[N+](=O)[O-]. The second-order valence-electron chi connectivity index (χ2n) is 16.6.